The monoisotopic (exact) mass is 794 g/mol. The number of hydrogen-bond donors (Lipinski definition) is 6. The molecule has 2 bridgehead atoms. The molecule has 1 fully saturated rings. The van der Waals surface area contributed by atoms with Crippen LogP contribution in [0.25, 0.3) is 0 Å². The topological polar surface area (TPSA) is 170 Å². The van der Waals surface area contributed by atoms with Crippen molar-refractivity contribution in [3.05, 3.63) is 99.4 Å². The number of aliphatic imine (C=N–C) groups is 1. The van der Waals surface area contributed by atoms with Gasteiger partial charge in [0.05, 0.1) is 35.4 Å². The Bertz CT molecular complexity index is 2390. The maximum atomic E-state index is 13.2. The number of benzene rings is 2. The van der Waals surface area contributed by atoms with Crippen LogP contribution in [-0.4, -0.2) is 68.8 Å². The first kappa shape index (κ1) is 38.1. The molecule has 0 radical (unpaired) electrons. The number of phenolic OH excluding ortho intramolecular Hbond substituents is 1. The zero-order chi connectivity index (χ0) is 40.6. The Hall–Kier alpha value is -5.14. The van der Waals surface area contributed by atoms with Crippen LogP contribution in [0.2, 0.25) is 0 Å². The van der Waals surface area contributed by atoms with Gasteiger partial charge in [-0.05, 0) is 71.1 Å². The van der Waals surface area contributed by atoms with Crippen molar-refractivity contribution in [1.82, 2.24) is 10.2 Å². The molecule has 10 rings (SSSR count). The number of Topliss-reactive ketones (excluding diaryl/α,β-unsaturated/α-hetero) is 1. The van der Waals surface area contributed by atoms with E-state index in [0.717, 1.165) is 64.8 Å². The lowest BCUT2D eigenvalue weighted by molar-refractivity contribution is -0.122. The molecule has 2 aromatic rings. The summed E-state index contributed by atoms with van der Waals surface area (Å²) in [6, 6.07) is 7.20. The Kier molecular flexibility index (Phi) is 9.58. The number of fused-ring (bicyclic) bond motifs is 6. The van der Waals surface area contributed by atoms with E-state index in [1.807, 2.05) is 43.6 Å². The summed E-state index contributed by atoms with van der Waals surface area (Å²) in [6.07, 6.45) is 15.6. The highest BCUT2D eigenvalue weighted by atomic mass is 16.5. The number of nitrogens with two attached hydrogens (primary N) is 1. The lowest BCUT2D eigenvalue weighted by Crippen LogP contribution is -2.47. The van der Waals surface area contributed by atoms with Crippen LogP contribution >= 0.6 is 0 Å². The highest BCUT2D eigenvalue weighted by molar-refractivity contribution is 5.90. The summed E-state index contributed by atoms with van der Waals surface area (Å²) in [5, 5.41) is 48.2. The van der Waals surface area contributed by atoms with Gasteiger partial charge in [0.25, 0.3) is 0 Å². The van der Waals surface area contributed by atoms with Gasteiger partial charge < -0.3 is 40.5 Å². The summed E-state index contributed by atoms with van der Waals surface area (Å²) < 4.78 is 13.2. The predicted octanol–water partition coefficient (Wildman–Crippen LogP) is 5.04. The lowest BCUT2D eigenvalue weighted by atomic mass is 9.71. The number of aryl methyl sites for hydroxylation is 1. The molecule has 304 valence electrons. The van der Waals surface area contributed by atoms with Crippen molar-refractivity contribution in [2.24, 2.45) is 33.9 Å². The average Bonchev–Trinajstić information content (AvgIpc) is 3.96. The number of hydrogen-bond acceptors (Lipinski definition) is 11. The molecule has 59 heavy (non-hydrogen) atoms. The minimum atomic E-state index is -1.09. The number of nitrogens with zero attached hydrogens (tertiary/aromatic N) is 2. The van der Waals surface area contributed by atoms with Crippen LogP contribution in [0.4, 0.5) is 0 Å². The van der Waals surface area contributed by atoms with E-state index in [4.69, 9.17) is 20.2 Å². The minimum Gasteiger partial charge on any atom is -0.508 e. The molecule has 8 aliphatic rings. The summed E-state index contributed by atoms with van der Waals surface area (Å²) in [4.78, 5) is 20.3. The number of nitrogens with one attached hydrogen (secondary N) is 1. The molecule has 5 heterocycles. The molecule has 5 aliphatic heterocycles. The van der Waals surface area contributed by atoms with Gasteiger partial charge in [-0.2, -0.15) is 0 Å². The van der Waals surface area contributed by atoms with Crippen molar-refractivity contribution < 1.29 is 34.7 Å². The normalized spacial score (nSPS) is 31.9. The van der Waals surface area contributed by atoms with Gasteiger partial charge in [0.1, 0.15) is 23.7 Å². The van der Waals surface area contributed by atoms with Crippen LogP contribution in [0.3, 0.4) is 0 Å². The number of aliphatic hydroxyl groups excluding tert-OH is 3. The molecule has 11 heteroatoms. The molecule has 7 N–H and O–H groups in total. The number of ketones is 1. The highest BCUT2D eigenvalue weighted by Gasteiger charge is 2.49. The van der Waals surface area contributed by atoms with Gasteiger partial charge in [-0.3, -0.25) is 15.1 Å². The second-order valence-electron chi connectivity index (χ2n) is 17.7. The zero-order valence-electron chi connectivity index (χ0n) is 33.1. The molecule has 0 amide bonds. The fourth-order valence-electron chi connectivity index (χ4n) is 10.8. The van der Waals surface area contributed by atoms with Gasteiger partial charge in [-0.25, -0.2) is 0 Å². The maximum Gasteiger partial charge on any atom is 0.187 e. The van der Waals surface area contributed by atoms with Gasteiger partial charge in [-0.1, -0.05) is 74.0 Å². The first-order valence-corrected chi connectivity index (χ1v) is 21.1. The van der Waals surface area contributed by atoms with Crippen LogP contribution in [0.5, 0.6) is 17.2 Å². The Morgan fingerprint density at radius 2 is 1.92 bits per heavy atom. The molecule has 10 unspecified atom stereocenters. The number of allylic oxidation sites excluding steroid dienone is 3. The van der Waals surface area contributed by atoms with Crippen molar-refractivity contribution in [3.8, 4) is 41.1 Å². The molecule has 3 aliphatic carbocycles. The van der Waals surface area contributed by atoms with E-state index in [2.05, 4.69) is 46.2 Å². The molecule has 0 saturated heterocycles. The first-order chi connectivity index (χ1) is 28.6. The molecule has 2 aromatic carbocycles. The quantitative estimate of drug-likeness (QED) is 0.172. The van der Waals surface area contributed by atoms with E-state index in [9.17, 15) is 25.2 Å². The van der Waals surface area contributed by atoms with Gasteiger partial charge in [0.15, 0.2) is 17.7 Å². The predicted molar refractivity (Wildman–Crippen MR) is 221 cm³/mol. The summed E-state index contributed by atoms with van der Waals surface area (Å²) in [5.74, 6) is 9.91. The second-order valence-corrected chi connectivity index (χ2v) is 17.7. The third-order valence-electron chi connectivity index (χ3n) is 13.9. The summed E-state index contributed by atoms with van der Waals surface area (Å²) in [6.45, 7) is 3.23. The van der Waals surface area contributed by atoms with Crippen molar-refractivity contribution in [2.75, 3.05) is 13.1 Å². The summed E-state index contributed by atoms with van der Waals surface area (Å²) >= 11 is 0. The van der Waals surface area contributed by atoms with Crippen LogP contribution in [0.1, 0.15) is 104 Å². The first-order valence-electron chi connectivity index (χ1n) is 21.1. The molecule has 11 nitrogen and oxygen atoms in total. The lowest BCUT2D eigenvalue weighted by Gasteiger charge is -2.40. The molecular weight excluding hydrogens is 745 g/mol. The fraction of sp³-hybridized carbons (Fsp3) is 0.458. The number of carbonyl (C=O) groups is 1. The number of phenols is 1. The Balaban J connectivity index is 1.02. The number of aliphatic hydroxyl groups is 3. The van der Waals surface area contributed by atoms with Crippen molar-refractivity contribution in [1.29, 1.82) is 0 Å². The third-order valence-corrected chi connectivity index (χ3v) is 13.9. The highest BCUT2D eigenvalue weighted by Crippen LogP contribution is 2.52. The number of aromatic hydroxyl groups is 1. The van der Waals surface area contributed by atoms with Gasteiger partial charge >= 0.3 is 0 Å². The van der Waals surface area contributed by atoms with Crippen LogP contribution in [0.15, 0.2) is 76.6 Å². The molecular formula is C48H50N4O7. The van der Waals surface area contributed by atoms with E-state index < -0.39 is 41.8 Å². The van der Waals surface area contributed by atoms with E-state index in [-0.39, 0.29) is 60.5 Å². The minimum absolute atomic E-state index is 0.0579. The smallest absolute Gasteiger partial charge is 0.187 e. The Morgan fingerprint density at radius 1 is 1.08 bits per heavy atom. The SMILES string of the molecule is CC1C=CC(C(O)CC(=O)CCc2cc3c(cc2O)OC#CC2(CCCC2)C2C#CC(O)c4ccc5c6c4C(C=CC6CNC5N)C4=C5CN(C=C5N=C4)C2O3)C(O)C1. The van der Waals surface area contributed by atoms with Crippen molar-refractivity contribution in [2.45, 2.75) is 101 Å². The largest absolute Gasteiger partial charge is 0.508 e. The van der Waals surface area contributed by atoms with Crippen LogP contribution in [0, 0.1) is 47.0 Å². The summed E-state index contributed by atoms with van der Waals surface area (Å²) in [5.41, 5.74) is 13.5. The van der Waals surface area contributed by atoms with Gasteiger partial charge in [0, 0.05) is 67.7 Å². The Labute approximate surface area is 344 Å². The fourth-order valence-corrected chi connectivity index (χ4v) is 10.8. The molecule has 1 spiro atoms. The van der Waals surface area contributed by atoms with E-state index >= 15 is 0 Å². The second kappa shape index (κ2) is 14.8. The van der Waals surface area contributed by atoms with Crippen molar-refractivity contribution in [3.63, 3.8) is 0 Å². The summed E-state index contributed by atoms with van der Waals surface area (Å²) in [7, 11) is 0. The molecule has 1 saturated carbocycles. The van der Waals surface area contributed by atoms with E-state index in [1.165, 1.54) is 6.07 Å². The number of carbonyl (C=O) groups excluding carboxylic acids is 1. The number of ether oxygens (including phenoxy) is 2. The standard InChI is InChI=1S/C48H50N4O7/c1-26-4-8-31(40(56)18-26)41(57)20-29(53)7-5-27-19-43-42(21-39(27)55)58-17-16-48(14-2-3-15-48)36-12-13-38(54)32-10-11-33-44-28(22-51-46(33)49)6-9-30(45(32)44)34-23-50-37-25-52(24-35(34)37)47(36)59-43/h4,6,8-11,19,21,23,25-26,28,30-31,36,38,40-41,46-47,51,54-57H,2-3,5,7,14-15,18,20,22,24,49H2,1H3. The van der Waals surface area contributed by atoms with Gasteiger partial charge in [-0.15, -0.1) is 0 Å². The van der Waals surface area contributed by atoms with Crippen LogP contribution < -0.4 is 20.5 Å². The zero-order valence-corrected chi connectivity index (χ0v) is 33.1. The average molecular weight is 795 g/mol. The number of rotatable bonds is 6. The van der Waals surface area contributed by atoms with Crippen molar-refractivity contribution >= 4 is 12.0 Å². The maximum absolute atomic E-state index is 13.2. The third kappa shape index (κ3) is 6.61. The molecule has 10 atom stereocenters. The van der Waals surface area contributed by atoms with Crippen LogP contribution in [-0.2, 0) is 11.2 Å². The Morgan fingerprint density at radius 3 is 2.75 bits per heavy atom. The molecule has 0 aromatic heterocycles. The van der Waals surface area contributed by atoms with E-state index in [1.54, 1.807) is 6.07 Å². The van der Waals surface area contributed by atoms with Gasteiger partial charge in [0.2, 0.25) is 0 Å². The van der Waals surface area contributed by atoms with E-state index in [0.29, 0.717) is 30.8 Å².